The third-order valence-corrected chi connectivity index (χ3v) is 1.95. The number of benzene rings is 1. The first-order valence-electron chi connectivity index (χ1n) is 5.08. The molecular formula is C12H12N2O3. The van der Waals surface area contributed by atoms with Crippen molar-refractivity contribution in [2.24, 2.45) is 0 Å². The molecule has 1 amide bonds. The number of nitrogens with zero attached hydrogens (tertiary/aromatic N) is 1. The highest BCUT2D eigenvalue weighted by atomic mass is 16.6. The van der Waals surface area contributed by atoms with Crippen molar-refractivity contribution in [2.75, 3.05) is 6.54 Å². The summed E-state index contributed by atoms with van der Waals surface area (Å²) in [6, 6.07) is 6.31. The van der Waals surface area contributed by atoms with E-state index in [1.54, 1.807) is 18.2 Å². The number of nitro benzene ring substituents is 1. The Bertz CT molecular complexity index is 486. The zero-order chi connectivity index (χ0) is 12.7. The molecule has 0 atom stereocenters. The first-order chi connectivity index (χ1) is 8.11. The second kappa shape index (κ2) is 6.28. The van der Waals surface area contributed by atoms with Crippen LogP contribution in [0.3, 0.4) is 0 Å². The summed E-state index contributed by atoms with van der Waals surface area (Å²) in [5.41, 5.74) is 0.389. The predicted octanol–water partition coefficient (Wildman–Crippen LogP) is 1.47. The van der Waals surface area contributed by atoms with Crippen molar-refractivity contribution in [3.05, 3.63) is 39.9 Å². The highest BCUT2D eigenvalue weighted by Crippen LogP contribution is 2.15. The average Bonchev–Trinajstić information content (AvgIpc) is 2.28. The molecular weight excluding hydrogens is 220 g/mol. The van der Waals surface area contributed by atoms with Gasteiger partial charge in [0.15, 0.2) is 0 Å². The number of rotatable bonds is 3. The maximum atomic E-state index is 10.7. The molecule has 0 bridgehead atoms. The van der Waals surface area contributed by atoms with E-state index < -0.39 is 4.92 Å². The molecule has 0 radical (unpaired) electrons. The van der Waals surface area contributed by atoms with Gasteiger partial charge in [0, 0.05) is 26.0 Å². The van der Waals surface area contributed by atoms with Gasteiger partial charge in [0.05, 0.1) is 4.92 Å². The van der Waals surface area contributed by atoms with E-state index in [0.717, 1.165) is 0 Å². The summed E-state index contributed by atoms with van der Waals surface area (Å²) in [5, 5.41) is 13.3. The largest absolute Gasteiger partial charge is 0.355 e. The fourth-order valence-corrected chi connectivity index (χ4v) is 1.20. The molecule has 17 heavy (non-hydrogen) atoms. The summed E-state index contributed by atoms with van der Waals surface area (Å²) >= 11 is 0. The van der Waals surface area contributed by atoms with Gasteiger partial charge in [0.25, 0.3) is 5.69 Å². The predicted molar refractivity (Wildman–Crippen MR) is 63.3 cm³/mol. The Morgan fingerprint density at radius 3 is 2.82 bits per heavy atom. The summed E-state index contributed by atoms with van der Waals surface area (Å²) in [6.45, 7) is 1.87. The Morgan fingerprint density at radius 1 is 1.47 bits per heavy atom. The Morgan fingerprint density at radius 2 is 2.18 bits per heavy atom. The summed E-state index contributed by atoms with van der Waals surface area (Å²) in [5.74, 6) is 5.40. The number of nitrogens with one attached hydrogen (secondary N) is 1. The van der Waals surface area contributed by atoms with Crippen LogP contribution in [0.2, 0.25) is 0 Å². The molecule has 0 aromatic heterocycles. The molecule has 5 heteroatoms. The van der Waals surface area contributed by atoms with Crippen molar-refractivity contribution >= 4 is 11.6 Å². The molecule has 0 aliphatic heterocycles. The topological polar surface area (TPSA) is 72.2 Å². The molecule has 1 N–H and O–H groups in total. The molecule has 1 rings (SSSR count). The number of hydrogen-bond acceptors (Lipinski definition) is 3. The van der Waals surface area contributed by atoms with E-state index in [2.05, 4.69) is 17.2 Å². The third kappa shape index (κ3) is 4.34. The third-order valence-electron chi connectivity index (χ3n) is 1.95. The van der Waals surface area contributed by atoms with Crippen LogP contribution in [0.25, 0.3) is 0 Å². The van der Waals surface area contributed by atoms with Crippen molar-refractivity contribution in [1.82, 2.24) is 5.32 Å². The molecule has 0 aliphatic rings. The molecule has 0 saturated heterocycles. The molecule has 0 heterocycles. The second-order valence-electron chi connectivity index (χ2n) is 3.31. The van der Waals surface area contributed by atoms with Gasteiger partial charge < -0.3 is 5.32 Å². The van der Waals surface area contributed by atoms with Crippen LogP contribution in [-0.2, 0) is 4.79 Å². The van der Waals surface area contributed by atoms with Gasteiger partial charge in [-0.15, -0.1) is 0 Å². The van der Waals surface area contributed by atoms with Gasteiger partial charge in [-0.3, -0.25) is 14.9 Å². The quantitative estimate of drug-likeness (QED) is 0.371. The summed E-state index contributed by atoms with van der Waals surface area (Å²) < 4.78 is 0. The minimum atomic E-state index is -0.460. The van der Waals surface area contributed by atoms with E-state index in [1.807, 2.05) is 0 Å². The fraction of sp³-hybridized carbons (Fsp3) is 0.250. The lowest BCUT2D eigenvalue weighted by molar-refractivity contribution is -0.385. The van der Waals surface area contributed by atoms with Crippen molar-refractivity contribution in [2.45, 2.75) is 13.3 Å². The highest BCUT2D eigenvalue weighted by Gasteiger charge is 2.09. The molecule has 0 saturated carbocycles. The SMILES string of the molecule is CC(=O)NCCC#Cc1ccccc1[N+](=O)[O-]. The van der Waals surface area contributed by atoms with E-state index in [9.17, 15) is 14.9 Å². The van der Waals surface area contributed by atoms with Crippen LogP contribution in [0.15, 0.2) is 24.3 Å². The second-order valence-corrected chi connectivity index (χ2v) is 3.31. The van der Waals surface area contributed by atoms with Gasteiger partial charge in [-0.1, -0.05) is 24.0 Å². The number of carbonyl (C=O) groups is 1. The normalized spacial score (nSPS) is 9.00. The number of para-hydroxylation sites is 1. The van der Waals surface area contributed by atoms with E-state index in [-0.39, 0.29) is 11.6 Å². The Kier molecular flexibility index (Phi) is 4.70. The highest BCUT2D eigenvalue weighted by molar-refractivity contribution is 5.72. The maximum absolute atomic E-state index is 10.7. The van der Waals surface area contributed by atoms with E-state index >= 15 is 0 Å². The molecule has 0 unspecified atom stereocenters. The Hall–Kier alpha value is -2.35. The molecule has 5 nitrogen and oxygen atoms in total. The van der Waals surface area contributed by atoms with E-state index in [1.165, 1.54) is 13.0 Å². The number of nitro groups is 1. The Balaban J connectivity index is 2.65. The van der Waals surface area contributed by atoms with Gasteiger partial charge in [0.1, 0.15) is 5.56 Å². The van der Waals surface area contributed by atoms with Crippen molar-refractivity contribution in [1.29, 1.82) is 0 Å². The van der Waals surface area contributed by atoms with Crippen LogP contribution in [0.5, 0.6) is 0 Å². The van der Waals surface area contributed by atoms with Crippen LogP contribution in [0.4, 0.5) is 5.69 Å². The first kappa shape index (κ1) is 12.7. The van der Waals surface area contributed by atoms with Gasteiger partial charge in [0.2, 0.25) is 5.91 Å². The van der Waals surface area contributed by atoms with Crippen LogP contribution in [0.1, 0.15) is 18.9 Å². The average molecular weight is 232 g/mol. The smallest absolute Gasteiger partial charge is 0.284 e. The molecule has 0 fully saturated rings. The number of amides is 1. The van der Waals surface area contributed by atoms with Crippen molar-refractivity contribution in [3.8, 4) is 11.8 Å². The van der Waals surface area contributed by atoms with Gasteiger partial charge in [-0.05, 0) is 6.07 Å². The van der Waals surface area contributed by atoms with Crippen LogP contribution in [-0.4, -0.2) is 17.4 Å². The summed E-state index contributed by atoms with van der Waals surface area (Å²) in [7, 11) is 0. The fourth-order valence-electron chi connectivity index (χ4n) is 1.20. The standard InChI is InChI=1S/C12H12N2O3/c1-10(15)13-9-5-4-7-11-6-2-3-8-12(11)14(16)17/h2-3,6,8H,5,9H2,1H3,(H,13,15). The van der Waals surface area contributed by atoms with Crippen LogP contribution >= 0.6 is 0 Å². The lowest BCUT2D eigenvalue weighted by Gasteiger charge is -1.95. The minimum Gasteiger partial charge on any atom is -0.355 e. The van der Waals surface area contributed by atoms with Crippen molar-refractivity contribution in [3.63, 3.8) is 0 Å². The number of carbonyl (C=O) groups excluding carboxylic acids is 1. The molecule has 88 valence electrons. The lowest BCUT2D eigenvalue weighted by Crippen LogP contribution is -2.20. The monoisotopic (exact) mass is 232 g/mol. The molecule has 1 aromatic carbocycles. The lowest BCUT2D eigenvalue weighted by atomic mass is 10.2. The van der Waals surface area contributed by atoms with Crippen molar-refractivity contribution < 1.29 is 9.72 Å². The van der Waals surface area contributed by atoms with Crippen LogP contribution in [0, 0.1) is 22.0 Å². The van der Waals surface area contributed by atoms with Gasteiger partial charge in [-0.2, -0.15) is 0 Å². The van der Waals surface area contributed by atoms with Gasteiger partial charge in [-0.25, -0.2) is 0 Å². The molecule has 1 aromatic rings. The first-order valence-corrected chi connectivity index (χ1v) is 5.08. The van der Waals surface area contributed by atoms with Gasteiger partial charge >= 0.3 is 0 Å². The zero-order valence-corrected chi connectivity index (χ0v) is 9.40. The number of hydrogen-bond donors (Lipinski definition) is 1. The summed E-state index contributed by atoms with van der Waals surface area (Å²) in [4.78, 5) is 20.8. The van der Waals surface area contributed by atoms with Crippen LogP contribution < -0.4 is 5.32 Å². The molecule has 0 spiro atoms. The minimum absolute atomic E-state index is 0.000438. The summed E-state index contributed by atoms with van der Waals surface area (Å²) in [6.07, 6.45) is 0.464. The zero-order valence-electron chi connectivity index (χ0n) is 9.40. The molecule has 0 aliphatic carbocycles. The maximum Gasteiger partial charge on any atom is 0.284 e. The van der Waals surface area contributed by atoms with E-state index in [0.29, 0.717) is 18.5 Å². The van der Waals surface area contributed by atoms with E-state index in [4.69, 9.17) is 0 Å². The Labute approximate surface area is 99.0 Å².